The van der Waals surface area contributed by atoms with E-state index in [9.17, 15) is 14.7 Å². The predicted octanol–water partition coefficient (Wildman–Crippen LogP) is 2.26. The van der Waals surface area contributed by atoms with Crippen LogP contribution < -0.4 is 11.1 Å². The van der Waals surface area contributed by atoms with Crippen molar-refractivity contribution in [2.24, 2.45) is 58.5 Å². The summed E-state index contributed by atoms with van der Waals surface area (Å²) in [5.41, 5.74) is 6.74. The number of rotatable bonds is 11. The van der Waals surface area contributed by atoms with Gasteiger partial charge >= 0.3 is 5.97 Å². The lowest BCUT2D eigenvalue weighted by molar-refractivity contribution is -0.220. The number of ketones is 1. The SMILES string of the molecule is CO[C@@H]1C[C@]23COCC(C2CCC2C3=CC(=O)C3C2CCC(CC(C)C)C3C(=O)O)[C@H]1OCCNC[C@@H](N)CO. The van der Waals surface area contributed by atoms with Gasteiger partial charge in [-0.15, -0.1) is 0 Å². The van der Waals surface area contributed by atoms with Crippen molar-refractivity contribution in [1.29, 1.82) is 0 Å². The molecule has 0 aromatic rings. The summed E-state index contributed by atoms with van der Waals surface area (Å²) in [6.45, 7) is 7.12. The highest BCUT2D eigenvalue weighted by Crippen LogP contribution is 2.64. The fourth-order valence-corrected chi connectivity index (χ4v) is 9.49. The van der Waals surface area contributed by atoms with Crippen LogP contribution in [0.15, 0.2) is 11.6 Å². The van der Waals surface area contributed by atoms with E-state index in [4.69, 9.17) is 25.1 Å². The first-order chi connectivity index (χ1) is 19.2. The number of carbonyl (C=O) groups excluding carboxylic acids is 1. The first-order valence-corrected chi connectivity index (χ1v) is 15.5. The molecule has 1 saturated heterocycles. The van der Waals surface area contributed by atoms with Crippen molar-refractivity contribution >= 4 is 11.8 Å². The first kappa shape index (κ1) is 30.1. The fourth-order valence-electron chi connectivity index (χ4n) is 9.49. The number of methoxy groups -OCH3 is 1. The fraction of sp³-hybridized carbons (Fsp3) is 0.871. The number of aliphatic carboxylic acids is 1. The average Bonchev–Trinajstić information content (AvgIpc) is 2.92. The number of nitrogens with one attached hydrogen (secondary N) is 1. The topological polar surface area (TPSA) is 140 Å². The van der Waals surface area contributed by atoms with Crippen LogP contribution >= 0.6 is 0 Å². The van der Waals surface area contributed by atoms with E-state index in [-0.39, 0.29) is 59.7 Å². The van der Waals surface area contributed by atoms with Gasteiger partial charge in [0.1, 0.15) is 0 Å². The molecule has 4 aliphatic carbocycles. The molecular weight excluding hydrogens is 512 g/mol. The summed E-state index contributed by atoms with van der Waals surface area (Å²) in [6.07, 6.45) is 7.14. The van der Waals surface area contributed by atoms with Crippen molar-refractivity contribution in [3.8, 4) is 0 Å². The maximum atomic E-state index is 13.9. The molecule has 4 fully saturated rings. The van der Waals surface area contributed by atoms with Gasteiger partial charge in [0, 0.05) is 43.5 Å². The monoisotopic (exact) mass is 562 g/mol. The Labute approximate surface area is 238 Å². The number of carbonyl (C=O) groups is 2. The van der Waals surface area contributed by atoms with Gasteiger partial charge in [-0.2, -0.15) is 0 Å². The molecule has 0 spiro atoms. The summed E-state index contributed by atoms with van der Waals surface area (Å²) in [4.78, 5) is 26.4. The van der Waals surface area contributed by atoms with Gasteiger partial charge in [0.2, 0.25) is 0 Å². The van der Waals surface area contributed by atoms with Gasteiger partial charge in [0.25, 0.3) is 0 Å². The molecular formula is C31H50N2O7. The highest BCUT2D eigenvalue weighted by atomic mass is 16.5. The molecule has 0 radical (unpaired) electrons. The molecule has 7 unspecified atom stereocenters. The molecule has 9 heteroatoms. The third-order valence-corrected chi connectivity index (χ3v) is 11.0. The lowest BCUT2D eigenvalue weighted by Gasteiger charge is -2.63. The van der Waals surface area contributed by atoms with Crippen LogP contribution in [0.1, 0.15) is 52.4 Å². The molecule has 9 nitrogen and oxygen atoms in total. The molecule has 0 amide bonds. The maximum absolute atomic E-state index is 13.9. The number of aliphatic hydroxyl groups is 1. The van der Waals surface area contributed by atoms with Gasteiger partial charge in [0.05, 0.1) is 44.6 Å². The second-order valence-electron chi connectivity index (χ2n) is 13.6. The van der Waals surface area contributed by atoms with Crippen LogP contribution in [0.2, 0.25) is 0 Å². The third kappa shape index (κ3) is 5.42. The van der Waals surface area contributed by atoms with Gasteiger partial charge in [-0.1, -0.05) is 19.4 Å². The minimum atomic E-state index is -0.802. The molecule has 3 saturated carbocycles. The molecule has 226 valence electrons. The van der Waals surface area contributed by atoms with E-state index in [1.165, 1.54) is 5.57 Å². The van der Waals surface area contributed by atoms with Crippen LogP contribution in [-0.2, 0) is 23.8 Å². The van der Waals surface area contributed by atoms with Gasteiger partial charge in [-0.05, 0) is 74.2 Å². The Morgan fingerprint density at radius 3 is 2.75 bits per heavy atom. The number of ether oxygens (including phenoxy) is 3. The van der Waals surface area contributed by atoms with E-state index in [0.29, 0.717) is 44.7 Å². The number of fused-ring (bicyclic) bond motifs is 3. The van der Waals surface area contributed by atoms with Crippen LogP contribution in [0.4, 0.5) is 0 Å². The molecule has 1 heterocycles. The lowest BCUT2D eigenvalue weighted by atomic mass is 9.45. The van der Waals surface area contributed by atoms with E-state index in [1.807, 2.05) is 6.08 Å². The van der Waals surface area contributed by atoms with Crippen molar-refractivity contribution in [2.75, 3.05) is 46.6 Å². The lowest BCUT2D eigenvalue weighted by Crippen LogP contribution is -2.64. The number of hydrogen-bond donors (Lipinski definition) is 4. The van der Waals surface area contributed by atoms with Gasteiger partial charge in [-0.25, -0.2) is 0 Å². The van der Waals surface area contributed by atoms with Crippen molar-refractivity contribution in [3.05, 3.63) is 11.6 Å². The molecule has 0 aromatic heterocycles. The summed E-state index contributed by atoms with van der Waals surface area (Å²) < 4.78 is 18.8. The van der Waals surface area contributed by atoms with E-state index in [1.54, 1.807) is 7.11 Å². The molecule has 1 aliphatic heterocycles. The van der Waals surface area contributed by atoms with Crippen molar-refractivity contribution in [1.82, 2.24) is 5.32 Å². The summed E-state index contributed by atoms with van der Waals surface area (Å²) in [5.74, 6) is -0.447. The summed E-state index contributed by atoms with van der Waals surface area (Å²) in [7, 11) is 1.75. The minimum absolute atomic E-state index is 0.0220. The Balaban J connectivity index is 1.37. The van der Waals surface area contributed by atoms with E-state index in [2.05, 4.69) is 19.2 Å². The average molecular weight is 563 g/mol. The van der Waals surface area contributed by atoms with Crippen molar-refractivity contribution in [2.45, 2.75) is 70.6 Å². The van der Waals surface area contributed by atoms with Crippen LogP contribution in [0.5, 0.6) is 0 Å². The van der Waals surface area contributed by atoms with Crippen LogP contribution in [-0.4, -0.2) is 86.8 Å². The largest absolute Gasteiger partial charge is 0.481 e. The number of carboxylic acids is 1. The van der Waals surface area contributed by atoms with Crippen LogP contribution in [0, 0.1) is 52.8 Å². The van der Waals surface area contributed by atoms with Crippen LogP contribution in [0.3, 0.4) is 0 Å². The highest BCUT2D eigenvalue weighted by Gasteiger charge is 2.63. The van der Waals surface area contributed by atoms with E-state index >= 15 is 0 Å². The number of allylic oxidation sites excluding steroid dienone is 1. The minimum Gasteiger partial charge on any atom is -0.481 e. The van der Waals surface area contributed by atoms with Gasteiger partial charge < -0.3 is 35.5 Å². The Morgan fingerprint density at radius 2 is 2.05 bits per heavy atom. The molecule has 5 aliphatic rings. The number of nitrogens with two attached hydrogens (primary N) is 1. The number of carboxylic acid groups (broad SMARTS) is 1. The van der Waals surface area contributed by atoms with E-state index < -0.39 is 17.8 Å². The second kappa shape index (κ2) is 12.5. The molecule has 5 rings (SSSR count). The van der Waals surface area contributed by atoms with Crippen molar-refractivity contribution in [3.63, 3.8) is 0 Å². The Hall–Kier alpha value is -1.36. The Morgan fingerprint density at radius 1 is 1.25 bits per heavy atom. The zero-order valence-electron chi connectivity index (χ0n) is 24.4. The highest BCUT2D eigenvalue weighted by molar-refractivity contribution is 5.97. The smallest absolute Gasteiger partial charge is 0.307 e. The quantitative estimate of drug-likeness (QED) is 0.279. The third-order valence-electron chi connectivity index (χ3n) is 11.0. The predicted molar refractivity (Wildman–Crippen MR) is 149 cm³/mol. The summed E-state index contributed by atoms with van der Waals surface area (Å²) in [5, 5.41) is 22.7. The standard InChI is InChI=1S/C31H50N2O7/c1-17(2)10-18-4-5-21-20-6-7-23-22-15-39-16-31(23,24(20)11-25(35)28(21)27(18)30(36)37)12-26(38-3)29(22)40-9-8-33-13-19(32)14-34/h11,17-23,26-29,33-34H,4-10,12-16,32H2,1-3H3,(H,36,37)/t18?,19-,20?,21?,22?,23?,26-,27?,28?,29-,31+/m1/s1. The maximum Gasteiger partial charge on any atom is 0.307 e. The molecule has 0 aromatic carbocycles. The Kier molecular flexibility index (Phi) is 9.39. The second-order valence-corrected chi connectivity index (χ2v) is 13.6. The van der Waals surface area contributed by atoms with Gasteiger partial charge in [0.15, 0.2) is 5.78 Å². The Bertz CT molecular complexity index is 956. The number of hydrogen-bond acceptors (Lipinski definition) is 8. The molecule has 5 N–H and O–H groups in total. The zero-order chi connectivity index (χ0) is 28.6. The molecule has 2 bridgehead atoms. The molecule has 40 heavy (non-hydrogen) atoms. The molecule has 11 atom stereocenters. The summed E-state index contributed by atoms with van der Waals surface area (Å²) >= 11 is 0. The summed E-state index contributed by atoms with van der Waals surface area (Å²) in [6, 6.07) is -0.286. The normalized spacial score (nSPS) is 41.5. The van der Waals surface area contributed by atoms with E-state index in [0.717, 1.165) is 38.5 Å². The first-order valence-electron chi connectivity index (χ1n) is 15.5. The van der Waals surface area contributed by atoms with Crippen molar-refractivity contribution < 1.29 is 34.0 Å². The zero-order valence-corrected chi connectivity index (χ0v) is 24.4. The van der Waals surface area contributed by atoms with Gasteiger partial charge in [-0.3, -0.25) is 9.59 Å². The number of aliphatic hydroxyl groups excluding tert-OH is 1. The van der Waals surface area contributed by atoms with Crippen LogP contribution in [0.25, 0.3) is 0 Å².